The standard InChI is InChI=1S/C16H25NO3S/c1-7-16(5,6)14(15(18)19)17-21(20)13-11(3)8-10(2)9-12(13)4/h8-9,14,17H,7H2,1-6H3,(H,18,19). The van der Waals surface area contributed by atoms with Gasteiger partial charge in [-0.1, -0.05) is 38.5 Å². The van der Waals surface area contributed by atoms with Gasteiger partial charge in [0.25, 0.3) is 0 Å². The molecule has 0 radical (unpaired) electrons. The fourth-order valence-corrected chi connectivity index (χ4v) is 3.83. The summed E-state index contributed by atoms with van der Waals surface area (Å²) >= 11 is -1.54. The Bertz CT molecular complexity index is 505. The van der Waals surface area contributed by atoms with E-state index in [-0.39, 0.29) is 0 Å². The highest BCUT2D eigenvalue weighted by Crippen LogP contribution is 2.28. The van der Waals surface area contributed by atoms with E-state index in [4.69, 9.17) is 0 Å². The minimum absolute atomic E-state index is 0.478. The highest BCUT2D eigenvalue weighted by atomic mass is 32.2. The summed E-state index contributed by atoms with van der Waals surface area (Å²) in [7, 11) is 0. The Labute approximate surface area is 130 Å². The van der Waals surface area contributed by atoms with Crippen molar-refractivity contribution >= 4 is 17.3 Å². The Morgan fingerprint density at radius 2 is 1.81 bits per heavy atom. The van der Waals surface area contributed by atoms with Crippen LogP contribution in [0.1, 0.15) is 43.9 Å². The van der Waals surface area contributed by atoms with Crippen LogP contribution in [0, 0.1) is 26.2 Å². The molecular weight excluding hydrogens is 286 g/mol. The average Bonchev–Trinajstić information content (AvgIpc) is 2.34. The van der Waals surface area contributed by atoms with Gasteiger partial charge in [-0.05, 0) is 32.6 Å². The Balaban J connectivity index is 3.09. The van der Waals surface area contributed by atoms with Crippen LogP contribution in [-0.4, -0.2) is 21.7 Å². The monoisotopic (exact) mass is 311 g/mol. The molecule has 1 aromatic carbocycles. The zero-order valence-electron chi connectivity index (χ0n) is 13.6. The fourth-order valence-electron chi connectivity index (χ4n) is 2.37. The number of hydrogen-bond donors (Lipinski definition) is 2. The number of rotatable bonds is 6. The predicted octanol–water partition coefficient (Wildman–Crippen LogP) is 3.11. The molecule has 0 aromatic heterocycles. The first kappa shape index (κ1) is 18.0. The van der Waals surface area contributed by atoms with E-state index in [1.165, 1.54) is 0 Å². The summed E-state index contributed by atoms with van der Waals surface area (Å²) < 4.78 is 15.4. The van der Waals surface area contributed by atoms with E-state index in [2.05, 4.69) is 4.72 Å². The second kappa shape index (κ2) is 6.81. The van der Waals surface area contributed by atoms with Gasteiger partial charge in [0.2, 0.25) is 0 Å². The SMILES string of the molecule is CCC(C)(C)C(N[S+]([O-])c1c(C)cc(C)cc1C)C(=O)O. The molecule has 2 N–H and O–H groups in total. The van der Waals surface area contributed by atoms with Gasteiger partial charge in [0.05, 0.1) is 11.4 Å². The maximum atomic E-state index is 12.6. The lowest BCUT2D eigenvalue weighted by Crippen LogP contribution is -2.50. The lowest BCUT2D eigenvalue weighted by atomic mass is 9.82. The summed E-state index contributed by atoms with van der Waals surface area (Å²) in [4.78, 5) is 12.2. The summed E-state index contributed by atoms with van der Waals surface area (Å²) in [6.07, 6.45) is 0.681. The van der Waals surface area contributed by atoms with Gasteiger partial charge < -0.3 is 9.66 Å². The largest absolute Gasteiger partial charge is 0.593 e. The van der Waals surface area contributed by atoms with Crippen molar-refractivity contribution in [2.24, 2.45) is 5.41 Å². The molecule has 118 valence electrons. The summed E-state index contributed by atoms with van der Waals surface area (Å²) in [5, 5.41) is 9.42. The molecule has 2 unspecified atom stereocenters. The van der Waals surface area contributed by atoms with E-state index >= 15 is 0 Å². The third-order valence-electron chi connectivity index (χ3n) is 3.95. The smallest absolute Gasteiger partial charge is 0.325 e. The van der Waals surface area contributed by atoms with Crippen LogP contribution in [-0.2, 0) is 16.2 Å². The molecule has 0 aliphatic heterocycles. The Morgan fingerprint density at radius 3 is 2.19 bits per heavy atom. The number of nitrogens with one attached hydrogen (secondary N) is 1. The molecule has 0 heterocycles. The van der Waals surface area contributed by atoms with Crippen molar-refractivity contribution in [3.05, 3.63) is 28.8 Å². The van der Waals surface area contributed by atoms with Crippen LogP contribution in [0.2, 0.25) is 0 Å². The van der Waals surface area contributed by atoms with E-state index in [0.29, 0.717) is 11.3 Å². The van der Waals surface area contributed by atoms with Gasteiger partial charge in [0, 0.05) is 11.1 Å². The zero-order valence-corrected chi connectivity index (χ0v) is 14.4. The quantitative estimate of drug-likeness (QED) is 0.792. The molecule has 1 aromatic rings. The van der Waals surface area contributed by atoms with Crippen molar-refractivity contribution in [3.8, 4) is 0 Å². The Morgan fingerprint density at radius 1 is 1.33 bits per heavy atom. The molecule has 2 atom stereocenters. The maximum Gasteiger partial charge on any atom is 0.325 e. The van der Waals surface area contributed by atoms with Crippen LogP contribution in [0.3, 0.4) is 0 Å². The van der Waals surface area contributed by atoms with Crippen LogP contribution >= 0.6 is 0 Å². The third-order valence-corrected chi connectivity index (χ3v) is 5.42. The van der Waals surface area contributed by atoms with E-state index in [9.17, 15) is 14.5 Å². The van der Waals surface area contributed by atoms with Crippen molar-refractivity contribution in [2.75, 3.05) is 0 Å². The number of hydrogen-bond acceptors (Lipinski definition) is 3. The second-order valence-corrected chi connectivity index (χ2v) is 7.41. The average molecular weight is 311 g/mol. The van der Waals surface area contributed by atoms with Crippen LogP contribution in [0.25, 0.3) is 0 Å². The molecule has 21 heavy (non-hydrogen) atoms. The molecule has 0 spiro atoms. The summed E-state index contributed by atoms with van der Waals surface area (Å²) in [6, 6.07) is 3.06. The van der Waals surface area contributed by atoms with E-state index in [1.807, 2.05) is 53.7 Å². The Kier molecular flexibility index (Phi) is 5.84. The summed E-state index contributed by atoms with van der Waals surface area (Å²) in [5.41, 5.74) is 2.46. The minimum Gasteiger partial charge on any atom is -0.593 e. The normalized spacial score (nSPS) is 14.8. The molecule has 0 saturated heterocycles. The van der Waals surface area contributed by atoms with E-state index in [0.717, 1.165) is 16.7 Å². The number of aliphatic carboxylic acids is 1. The minimum atomic E-state index is -1.54. The predicted molar refractivity (Wildman–Crippen MR) is 85.7 cm³/mol. The van der Waals surface area contributed by atoms with Crippen molar-refractivity contribution in [1.29, 1.82) is 0 Å². The summed E-state index contributed by atoms with van der Waals surface area (Å²) in [6.45, 7) is 11.4. The van der Waals surface area contributed by atoms with Gasteiger partial charge in [0.15, 0.2) is 10.9 Å². The van der Waals surface area contributed by atoms with Crippen LogP contribution in [0.5, 0.6) is 0 Å². The van der Waals surface area contributed by atoms with Gasteiger partial charge >= 0.3 is 5.97 Å². The van der Waals surface area contributed by atoms with Gasteiger partial charge in [0.1, 0.15) is 0 Å². The third kappa shape index (κ3) is 4.22. The molecule has 4 nitrogen and oxygen atoms in total. The van der Waals surface area contributed by atoms with Crippen LogP contribution in [0.15, 0.2) is 17.0 Å². The molecule has 0 amide bonds. The molecule has 0 saturated carbocycles. The van der Waals surface area contributed by atoms with Gasteiger partial charge in [-0.15, -0.1) is 4.72 Å². The van der Waals surface area contributed by atoms with Crippen molar-refractivity contribution in [2.45, 2.75) is 58.9 Å². The number of carboxylic acids is 1. The number of benzene rings is 1. The lowest BCUT2D eigenvalue weighted by Gasteiger charge is -2.31. The van der Waals surface area contributed by atoms with E-state index in [1.54, 1.807) is 0 Å². The van der Waals surface area contributed by atoms with Crippen LogP contribution < -0.4 is 4.72 Å². The molecular formula is C16H25NO3S. The second-order valence-electron chi connectivity index (χ2n) is 6.23. The topological polar surface area (TPSA) is 72.4 Å². The molecule has 5 heteroatoms. The Hall–Kier alpha value is -1.04. The van der Waals surface area contributed by atoms with Gasteiger partial charge in [-0.25, -0.2) is 0 Å². The van der Waals surface area contributed by atoms with Gasteiger partial charge in [-0.3, -0.25) is 4.79 Å². The summed E-state index contributed by atoms with van der Waals surface area (Å²) in [5.74, 6) is -0.974. The fraction of sp³-hybridized carbons (Fsp3) is 0.562. The molecule has 1 rings (SSSR count). The number of carbonyl (C=O) groups is 1. The van der Waals surface area contributed by atoms with Crippen molar-refractivity contribution < 1.29 is 14.5 Å². The molecule has 0 bridgehead atoms. The lowest BCUT2D eigenvalue weighted by molar-refractivity contribution is -0.142. The maximum absolute atomic E-state index is 12.6. The van der Waals surface area contributed by atoms with Crippen LogP contribution in [0.4, 0.5) is 0 Å². The van der Waals surface area contributed by atoms with Crippen molar-refractivity contribution in [3.63, 3.8) is 0 Å². The highest BCUT2D eigenvalue weighted by molar-refractivity contribution is 7.89. The first-order valence-electron chi connectivity index (χ1n) is 7.08. The van der Waals surface area contributed by atoms with E-state index < -0.39 is 28.8 Å². The first-order valence-corrected chi connectivity index (χ1v) is 8.23. The zero-order chi connectivity index (χ0) is 16.4. The first-order chi connectivity index (χ1) is 9.60. The molecule has 0 fully saturated rings. The van der Waals surface area contributed by atoms with Crippen molar-refractivity contribution in [1.82, 2.24) is 4.72 Å². The number of carboxylic acid groups (broad SMARTS) is 1. The molecule has 0 aliphatic rings. The number of aryl methyl sites for hydroxylation is 3. The van der Waals surface area contributed by atoms with Gasteiger partial charge in [-0.2, -0.15) is 0 Å². The molecule has 0 aliphatic carbocycles. The highest BCUT2D eigenvalue weighted by Gasteiger charge is 2.38.